The van der Waals surface area contributed by atoms with Gasteiger partial charge >= 0.3 is 5.97 Å². The van der Waals surface area contributed by atoms with Gasteiger partial charge in [-0.25, -0.2) is 14.2 Å². The molecule has 0 saturated carbocycles. The van der Waals surface area contributed by atoms with E-state index < -0.39 is 5.97 Å². The van der Waals surface area contributed by atoms with Gasteiger partial charge in [-0.05, 0) is 36.8 Å². The van der Waals surface area contributed by atoms with Gasteiger partial charge in [0.1, 0.15) is 11.6 Å². The van der Waals surface area contributed by atoms with Crippen LogP contribution in [0.5, 0.6) is 0 Å². The first-order valence-electron chi connectivity index (χ1n) is 8.33. The Morgan fingerprint density at radius 1 is 1.11 bits per heavy atom. The van der Waals surface area contributed by atoms with Crippen LogP contribution in [0.2, 0.25) is 0 Å². The molecule has 2 aromatic carbocycles. The van der Waals surface area contributed by atoms with Crippen LogP contribution in [0.4, 0.5) is 21.8 Å². The van der Waals surface area contributed by atoms with Gasteiger partial charge in [0.15, 0.2) is 0 Å². The van der Waals surface area contributed by atoms with Crippen molar-refractivity contribution in [2.24, 2.45) is 0 Å². The van der Waals surface area contributed by atoms with Crippen LogP contribution in [-0.2, 0) is 11.3 Å². The van der Waals surface area contributed by atoms with Crippen molar-refractivity contribution in [1.29, 1.82) is 0 Å². The fourth-order valence-corrected chi connectivity index (χ4v) is 2.51. The van der Waals surface area contributed by atoms with E-state index in [-0.39, 0.29) is 5.82 Å². The molecule has 0 spiro atoms. The quantitative estimate of drug-likeness (QED) is 0.641. The van der Waals surface area contributed by atoms with Gasteiger partial charge in [0, 0.05) is 18.3 Å². The van der Waals surface area contributed by atoms with Crippen molar-refractivity contribution in [1.82, 2.24) is 9.97 Å². The lowest BCUT2D eigenvalue weighted by Crippen LogP contribution is -2.09. The van der Waals surface area contributed by atoms with Crippen LogP contribution in [0.25, 0.3) is 0 Å². The SMILES string of the molecule is COC(=O)c1ccccc1Nc1nc(C)cc(NCc2ccc(F)cc2)n1. The Balaban J connectivity index is 1.78. The molecule has 7 heteroatoms. The standard InChI is InChI=1S/C20H19FN4O2/c1-13-11-18(22-12-14-7-9-15(21)10-8-14)25-20(23-13)24-17-6-4-3-5-16(17)19(26)27-2/h3-11H,12H2,1-2H3,(H2,22,23,24,25). The number of nitrogens with zero attached hydrogens (tertiary/aromatic N) is 2. The molecule has 0 amide bonds. The average molecular weight is 366 g/mol. The molecule has 0 radical (unpaired) electrons. The van der Waals surface area contributed by atoms with Gasteiger partial charge in [-0.2, -0.15) is 4.98 Å². The van der Waals surface area contributed by atoms with Crippen molar-refractivity contribution in [3.63, 3.8) is 0 Å². The predicted octanol–water partition coefficient (Wildman–Crippen LogP) is 4.07. The first-order valence-corrected chi connectivity index (χ1v) is 8.33. The summed E-state index contributed by atoms with van der Waals surface area (Å²) in [5, 5.41) is 6.25. The molecular formula is C20H19FN4O2. The van der Waals surface area contributed by atoms with Crippen molar-refractivity contribution in [3.8, 4) is 0 Å². The summed E-state index contributed by atoms with van der Waals surface area (Å²) >= 11 is 0. The van der Waals surface area contributed by atoms with E-state index >= 15 is 0 Å². The molecule has 0 aliphatic rings. The number of carbonyl (C=O) groups excluding carboxylic acids is 1. The van der Waals surface area contributed by atoms with Crippen LogP contribution in [0.3, 0.4) is 0 Å². The number of aromatic nitrogens is 2. The molecule has 0 aliphatic carbocycles. The Bertz CT molecular complexity index is 945. The van der Waals surface area contributed by atoms with Crippen LogP contribution in [-0.4, -0.2) is 23.0 Å². The number of para-hydroxylation sites is 1. The number of ether oxygens (including phenoxy) is 1. The van der Waals surface area contributed by atoms with Gasteiger partial charge in [-0.3, -0.25) is 0 Å². The van der Waals surface area contributed by atoms with Crippen LogP contribution >= 0.6 is 0 Å². The van der Waals surface area contributed by atoms with E-state index in [9.17, 15) is 9.18 Å². The van der Waals surface area contributed by atoms with Crippen LogP contribution in [0, 0.1) is 12.7 Å². The number of hydrogen-bond donors (Lipinski definition) is 2. The Morgan fingerprint density at radius 3 is 2.59 bits per heavy atom. The van der Waals surface area contributed by atoms with E-state index in [0.717, 1.165) is 11.3 Å². The lowest BCUT2D eigenvalue weighted by molar-refractivity contribution is 0.0602. The van der Waals surface area contributed by atoms with E-state index in [1.807, 2.05) is 6.92 Å². The number of anilines is 3. The zero-order valence-electron chi connectivity index (χ0n) is 15.0. The number of carbonyl (C=O) groups is 1. The van der Waals surface area contributed by atoms with Gasteiger partial charge in [-0.15, -0.1) is 0 Å². The monoisotopic (exact) mass is 366 g/mol. The molecule has 27 heavy (non-hydrogen) atoms. The third-order valence-electron chi connectivity index (χ3n) is 3.82. The van der Waals surface area contributed by atoms with Crippen molar-refractivity contribution in [3.05, 3.63) is 77.2 Å². The molecule has 3 rings (SSSR count). The van der Waals surface area contributed by atoms with Crippen molar-refractivity contribution in [2.45, 2.75) is 13.5 Å². The van der Waals surface area contributed by atoms with E-state index in [4.69, 9.17) is 4.74 Å². The lowest BCUT2D eigenvalue weighted by Gasteiger charge is -2.12. The highest BCUT2D eigenvalue weighted by molar-refractivity contribution is 5.96. The highest BCUT2D eigenvalue weighted by atomic mass is 19.1. The number of nitrogens with one attached hydrogen (secondary N) is 2. The second-order valence-corrected chi connectivity index (χ2v) is 5.86. The summed E-state index contributed by atoms with van der Waals surface area (Å²) in [6, 6.07) is 15.0. The van der Waals surface area contributed by atoms with E-state index in [2.05, 4.69) is 20.6 Å². The zero-order chi connectivity index (χ0) is 19.2. The molecule has 0 aliphatic heterocycles. The number of hydrogen-bond acceptors (Lipinski definition) is 6. The minimum Gasteiger partial charge on any atom is -0.465 e. The molecule has 2 N–H and O–H groups in total. The van der Waals surface area contributed by atoms with E-state index in [0.29, 0.717) is 29.6 Å². The summed E-state index contributed by atoms with van der Waals surface area (Å²) < 4.78 is 17.8. The van der Waals surface area contributed by atoms with E-state index in [1.54, 1.807) is 42.5 Å². The highest BCUT2D eigenvalue weighted by Gasteiger charge is 2.12. The molecule has 0 atom stereocenters. The second-order valence-electron chi connectivity index (χ2n) is 5.86. The Hall–Kier alpha value is -3.48. The second kappa shape index (κ2) is 8.27. The number of benzene rings is 2. The number of rotatable bonds is 6. The Morgan fingerprint density at radius 2 is 1.85 bits per heavy atom. The maximum absolute atomic E-state index is 13.0. The lowest BCUT2D eigenvalue weighted by atomic mass is 10.2. The van der Waals surface area contributed by atoms with Gasteiger partial charge in [0.25, 0.3) is 0 Å². The fraction of sp³-hybridized carbons (Fsp3) is 0.150. The summed E-state index contributed by atoms with van der Waals surface area (Å²) in [5.74, 6) is 0.255. The Kier molecular flexibility index (Phi) is 5.61. The molecule has 138 valence electrons. The molecule has 1 aromatic heterocycles. The number of halogens is 1. The maximum Gasteiger partial charge on any atom is 0.339 e. The summed E-state index contributed by atoms with van der Waals surface area (Å²) in [6.07, 6.45) is 0. The van der Waals surface area contributed by atoms with Gasteiger partial charge in [0.05, 0.1) is 18.4 Å². The van der Waals surface area contributed by atoms with Gasteiger partial charge in [-0.1, -0.05) is 24.3 Å². The topological polar surface area (TPSA) is 76.1 Å². The Labute approximate surface area is 156 Å². The molecule has 0 unspecified atom stereocenters. The molecule has 0 fully saturated rings. The summed E-state index contributed by atoms with van der Waals surface area (Å²) in [4.78, 5) is 20.7. The summed E-state index contributed by atoms with van der Waals surface area (Å²) in [6.45, 7) is 2.34. The van der Waals surface area contributed by atoms with Crippen molar-refractivity contribution < 1.29 is 13.9 Å². The third-order valence-corrected chi connectivity index (χ3v) is 3.82. The van der Waals surface area contributed by atoms with Crippen LogP contribution in [0.1, 0.15) is 21.6 Å². The largest absolute Gasteiger partial charge is 0.465 e. The third kappa shape index (κ3) is 4.78. The first kappa shape index (κ1) is 18.3. The molecule has 0 saturated heterocycles. The molecule has 6 nitrogen and oxygen atoms in total. The molecule has 1 heterocycles. The van der Waals surface area contributed by atoms with Crippen LogP contribution in [0.15, 0.2) is 54.6 Å². The average Bonchev–Trinajstić information content (AvgIpc) is 2.67. The zero-order valence-corrected chi connectivity index (χ0v) is 15.0. The molecule has 3 aromatic rings. The van der Waals surface area contributed by atoms with Crippen molar-refractivity contribution in [2.75, 3.05) is 17.7 Å². The van der Waals surface area contributed by atoms with Gasteiger partial charge < -0.3 is 15.4 Å². The molecular weight excluding hydrogens is 347 g/mol. The van der Waals surface area contributed by atoms with Crippen LogP contribution < -0.4 is 10.6 Å². The fourth-order valence-electron chi connectivity index (χ4n) is 2.51. The number of aryl methyl sites for hydroxylation is 1. The highest BCUT2D eigenvalue weighted by Crippen LogP contribution is 2.21. The summed E-state index contributed by atoms with van der Waals surface area (Å²) in [7, 11) is 1.33. The minimum absolute atomic E-state index is 0.271. The van der Waals surface area contributed by atoms with Gasteiger partial charge in [0.2, 0.25) is 5.95 Å². The normalized spacial score (nSPS) is 10.3. The number of methoxy groups -OCH3 is 1. The summed E-state index contributed by atoms with van der Waals surface area (Å²) in [5.41, 5.74) is 2.63. The predicted molar refractivity (Wildman–Crippen MR) is 102 cm³/mol. The first-order chi connectivity index (χ1) is 13.0. The smallest absolute Gasteiger partial charge is 0.339 e. The number of esters is 1. The van der Waals surface area contributed by atoms with Crippen molar-refractivity contribution >= 4 is 23.4 Å². The maximum atomic E-state index is 13.0. The molecule has 0 bridgehead atoms. The minimum atomic E-state index is -0.444. The van der Waals surface area contributed by atoms with E-state index in [1.165, 1.54) is 19.2 Å².